The van der Waals surface area contributed by atoms with Crippen LogP contribution in [0.15, 0.2) is 18.5 Å². The molecule has 0 radical (unpaired) electrons. The molecule has 0 bridgehead atoms. The van der Waals surface area contributed by atoms with Gasteiger partial charge in [-0.2, -0.15) is 5.10 Å². The molecule has 2 aliphatic rings. The maximum atomic E-state index is 12.3. The Bertz CT molecular complexity index is 853. The minimum absolute atomic E-state index is 0.105. The molecule has 4 rings (SSSR count). The second-order valence-electron chi connectivity index (χ2n) is 8.67. The molecule has 1 N–H and O–H groups in total. The van der Waals surface area contributed by atoms with Crippen LogP contribution >= 0.6 is 11.3 Å². The molecule has 1 fully saturated rings. The van der Waals surface area contributed by atoms with Crippen LogP contribution in [-0.2, 0) is 24.3 Å². The van der Waals surface area contributed by atoms with Crippen LogP contribution < -0.4 is 10.1 Å². The molecule has 176 valence electrons. The predicted molar refractivity (Wildman–Crippen MR) is 118 cm³/mol. The fourth-order valence-electron chi connectivity index (χ4n) is 4.53. The van der Waals surface area contributed by atoms with Crippen LogP contribution in [0.25, 0.3) is 0 Å². The first kappa shape index (κ1) is 23.1. The van der Waals surface area contributed by atoms with Gasteiger partial charge in [0.1, 0.15) is 0 Å². The number of ether oxygens (including phenoxy) is 1. The molecular formula is C22H31F2N5O2S. The van der Waals surface area contributed by atoms with Crippen LogP contribution in [0, 0.1) is 5.92 Å². The number of aromatic nitrogens is 3. The van der Waals surface area contributed by atoms with Gasteiger partial charge in [0.05, 0.1) is 5.69 Å². The normalized spacial score (nSPS) is 21.5. The van der Waals surface area contributed by atoms with Crippen LogP contribution in [0.3, 0.4) is 0 Å². The number of rotatable bonds is 10. The summed E-state index contributed by atoms with van der Waals surface area (Å²) in [6.07, 6.45) is 8.01. The van der Waals surface area contributed by atoms with Gasteiger partial charge < -0.3 is 10.1 Å². The third-order valence-electron chi connectivity index (χ3n) is 6.31. The number of carbonyl (C=O) groups is 1. The number of carbonyl (C=O) groups excluding carboxylic acids is 1. The van der Waals surface area contributed by atoms with E-state index in [0.29, 0.717) is 24.1 Å². The van der Waals surface area contributed by atoms with E-state index in [0.717, 1.165) is 68.7 Å². The molecule has 0 unspecified atom stereocenters. The summed E-state index contributed by atoms with van der Waals surface area (Å²) in [4.78, 5) is 20.2. The van der Waals surface area contributed by atoms with Gasteiger partial charge in [-0.05, 0) is 57.1 Å². The number of hydrogen-bond donors (Lipinski definition) is 1. The zero-order valence-corrected chi connectivity index (χ0v) is 19.0. The summed E-state index contributed by atoms with van der Waals surface area (Å²) >= 11 is 1.40. The van der Waals surface area contributed by atoms with E-state index in [2.05, 4.69) is 20.3 Å². The van der Waals surface area contributed by atoms with Gasteiger partial charge in [-0.3, -0.25) is 14.4 Å². The summed E-state index contributed by atoms with van der Waals surface area (Å²) in [5.41, 5.74) is 0.979. The van der Waals surface area contributed by atoms with Gasteiger partial charge in [0.2, 0.25) is 5.91 Å². The molecule has 7 nitrogen and oxygen atoms in total. The Kier molecular flexibility index (Phi) is 8.07. The molecule has 1 aliphatic carbocycles. The Morgan fingerprint density at radius 3 is 2.88 bits per heavy atom. The molecule has 1 saturated carbocycles. The van der Waals surface area contributed by atoms with Crippen molar-refractivity contribution in [3.63, 3.8) is 0 Å². The molecule has 32 heavy (non-hydrogen) atoms. The summed E-state index contributed by atoms with van der Waals surface area (Å²) in [6.45, 7) is 2.79. The van der Waals surface area contributed by atoms with Crippen molar-refractivity contribution in [2.75, 3.05) is 19.7 Å². The maximum Gasteiger partial charge on any atom is 0.273 e. The van der Waals surface area contributed by atoms with E-state index in [4.69, 9.17) is 4.74 Å². The van der Waals surface area contributed by atoms with Crippen molar-refractivity contribution < 1.29 is 18.3 Å². The van der Waals surface area contributed by atoms with Crippen LogP contribution in [0.4, 0.5) is 8.78 Å². The SMILES string of the molecule is O=C(CCn1cccn1)N[C@H]1CC[C@H](CCN2CCc3sc(OCC(F)F)nc3C2)CC1. The molecule has 1 amide bonds. The van der Waals surface area contributed by atoms with Crippen molar-refractivity contribution in [3.05, 3.63) is 29.0 Å². The Labute approximate surface area is 191 Å². The van der Waals surface area contributed by atoms with Gasteiger partial charge in [0.15, 0.2) is 6.61 Å². The Hall–Kier alpha value is -2.07. The highest BCUT2D eigenvalue weighted by atomic mass is 32.1. The van der Waals surface area contributed by atoms with E-state index in [9.17, 15) is 13.6 Å². The van der Waals surface area contributed by atoms with E-state index >= 15 is 0 Å². The van der Waals surface area contributed by atoms with Gasteiger partial charge in [-0.25, -0.2) is 13.8 Å². The van der Waals surface area contributed by atoms with Crippen molar-refractivity contribution in [2.24, 2.45) is 5.92 Å². The smallest absolute Gasteiger partial charge is 0.273 e. The largest absolute Gasteiger partial charge is 0.464 e. The number of alkyl halides is 2. The summed E-state index contributed by atoms with van der Waals surface area (Å²) in [5, 5.41) is 7.67. The zero-order chi connectivity index (χ0) is 22.3. The highest BCUT2D eigenvalue weighted by Crippen LogP contribution is 2.31. The highest BCUT2D eigenvalue weighted by Gasteiger charge is 2.25. The van der Waals surface area contributed by atoms with Crippen LogP contribution in [0.1, 0.15) is 49.1 Å². The molecule has 0 atom stereocenters. The van der Waals surface area contributed by atoms with Crippen LogP contribution in [-0.4, -0.2) is 57.7 Å². The molecule has 2 aromatic rings. The fourth-order valence-corrected chi connectivity index (χ4v) is 5.44. The zero-order valence-electron chi connectivity index (χ0n) is 18.2. The Morgan fingerprint density at radius 2 is 2.12 bits per heavy atom. The number of thiazole rings is 1. The maximum absolute atomic E-state index is 12.3. The van der Waals surface area contributed by atoms with E-state index in [1.165, 1.54) is 11.3 Å². The lowest BCUT2D eigenvalue weighted by Crippen LogP contribution is -2.38. The molecule has 3 heterocycles. The summed E-state index contributed by atoms with van der Waals surface area (Å²) in [6, 6.07) is 2.15. The lowest BCUT2D eigenvalue weighted by atomic mass is 9.84. The number of hydrogen-bond acceptors (Lipinski definition) is 6. The number of amides is 1. The first-order chi connectivity index (χ1) is 15.5. The van der Waals surface area contributed by atoms with Gasteiger partial charge in [-0.1, -0.05) is 11.3 Å². The van der Waals surface area contributed by atoms with E-state index < -0.39 is 13.0 Å². The Morgan fingerprint density at radius 1 is 1.28 bits per heavy atom. The quantitative estimate of drug-likeness (QED) is 0.579. The second-order valence-corrected chi connectivity index (χ2v) is 9.72. The summed E-state index contributed by atoms with van der Waals surface area (Å²) in [5.74, 6) is 0.794. The standard InChI is InChI=1S/C22H31F2N5O2S/c23-20(24)15-31-22-27-18-14-28(12-7-19(18)32-22)11-6-16-2-4-17(5-3-16)26-21(30)8-13-29-10-1-9-25-29/h1,9-10,16-17,20H,2-8,11-15H2,(H,26,30)/t16-,17-. The minimum Gasteiger partial charge on any atom is -0.464 e. The number of fused-ring (bicyclic) bond motifs is 1. The lowest BCUT2D eigenvalue weighted by molar-refractivity contribution is -0.122. The van der Waals surface area contributed by atoms with Crippen molar-refractivity contribution in [2.45, 2.75) is 70.5 Å². The number of aryl methyl sites for hydroxylation is 1. The van der Waals surface area contributed by atoms with E-state index in [-0.39, 0.29) is 11.9 Å². The van der Waals surface area contributed by atoms with Crippen molar-refractivity contribution in [1.82, 2.24) is 25.0 Å². The lowest BCUT2D eigenvalue weighted by Gasteiger charge is -2.32. The van der Waals surface area contributed by atoms with Gasteiger partial charge >= 0.3 is 0 Å². The number of nitrogens with zero attached hydrogens (tertiary/aromatic N) is 4. The highest BCUT2D eigenvalue weighted by molar-refractivity contribution is 7.13. The minimum atomic E-state index is -2.47. The topological polar surface area (TPSA) is 72.3 Å². The average molecular weight is 468 g/mol. The third-order valence-corrected chi connectivity index (χ3v) is 7.38. The molecule has 0 aromatic carbocycles. The number of halogens is 2. The summed E-state index contributed by atoms with van der Waals surface area (Å²) in [7, 11) is 0. The molecule has 1 aliphatic heterocycles. The third kappa shape index (κ3) is 6.71. The molecule has 2 aromatic heterocycles. The van der Waals surface area contributed by atoms with E-state index in [1.54, 1.807) is 10.9 Å². The van der Waals surface area contributed by atoms with Gasteiger partial charge in [0, 0.05) is 49.4 Å². The van der Waals surface area contributed by atoms with Crippen molar-refractivity contribution in [1.29, 1.82) is 0 Å². The summed E-state index contributed by atoms with van der Waals surface area (Å²) < 4.78 is 31.5. The molecule has 0 spiro atoms. The first-order valence-corrected chi connectivity index (χ1v) is 12.3. The molecular weight excluding hydrogens is 436 g/mol. The average Bonchev–Trinajstić information content (AvgIpc) is 3.45. The second kappa shape index (κ2) is 11.2. The Balaban J connectivity index is 1.12. The molecule has 10 heteroatoms. The van der Waals surface area contributed by atoms with Crippen molar-refractivity contribution in [3.8, 4) is 5.19 Å². The molecule has 0 saturated heterocycles. The van der Waals surface area contributed by atoms with Crippen molar-refractivity contribution >= 4 is 17.2 Å². The first-order valence-electron chi connectivity index (χ1n) is 11.4. The number of nitrogens with one attached hydrogen (secondary N) is 1. The van der Waals surface area contributed by atoms with Gasteiger partial charge in [0.25, 0.3) is 11.6 Å². The van der Waals surface area contributed by atoms with Gasteiger partial charge in [-0.15, -0.1) is 0 Å². The van der Waals surface area contributed by atoms with E-state index in [1.807, 2.05) is 12.3 Å². The van der Waals surface area contributed by atoms with Crippen LogP contribution in [0.5, 0.6) is 5.19 Å². The monoisotopic (exact) mass is 467 g/mol. The predicted octanol–water partition coefficient (Wildman–Crippen LogP) is 3.50. The fraction of sp³-hybridized carbons (Fsp3) is 0.682. The van der Waals surface area contributed by atoms with Crippen LogP contribution in [0.2, 0.25) is 0 Å².